The first-order valence-corrected chi connectivity index (χ1v) is 30.2. The van der Waals surface area contributed by atoms with Gasteiger partial charge in [-0.05, 0) is 168 Å². The van der Waals surface area contributed by atoms with Crippen molar-refractivity contribution in [3.05, 3.63) is 212 Å². The molecule has 1 saturated heterocycles. The summed E-state index contributed by atoms with van der Waals surface area (Å²) in [4.78, 5) is 17.5. The summed E-state index contributed by atoms with van der Waals surface area (Å²) < 4.78 is 0. The minimum absolute atomic E-state index is 0.0233. The van der Waals surface area contributed by atoms with Crippen molar-refractivity contribution in [2.24, 2.45) is 5.73 Å². The van der Waals surface area contributed by atoms with Crippen molar-refractivity contribution in [1.82, 2.24) is 14.7 Å². The van der Waals surface area contributed by atoms with E-state index in [4.69, 9.17) is 15.9 Å². The normalized spacial score (nSPS) is 13.3. The molecule has 8 rings (SSSR count). The Kier molecular flexibility index (Phi) is 31.1. The van der Waals surface area contributed by atoms with Crippen LogP contribution < -0.4 is 5.73 Å². The van der Waals surface area contributed by atoms with E-state index in [1.54, 1.807) is 0 Å². The molecule has 1 heterocycles. The van der Waals surface area contributed by atoms with E-state index in [1.807, 2.05) is 24.3 Å². The van der Waals surface area contributed by atoms with Gasteiger partial charge in [-0.25, -0.2) is 0 Å². The van der Waals surface area contributed by atoms with Gasteiger partial charge in [-0.2, -0.15) is 0 Å². The predicted molar refractivity (Wildman–Crippen MR) is 344 cm³/mol. The minimum Gasteiger partial charge on any atom is -0.481 e. The molecule has 1 aliphatic heterocycles. The average Bonchev–Trinajstić information content (AvgIpc) is 4.18. The van der Waals surface area contributed by atoms with Gasteiger partial charge in [0.05, 0.1) is 6.42 Å². The molecule has 6 aromatic carbocycles. The summed E-state index contributed by atoms with van der Waals surface area (Å²) in [6.07, 6.45) is 4.54. The lowest BCUT2D eigenvalue weighted by Gasteiger charge is -2.30. The molecule has 1 aliphatic carbocycles. The Balaban J connectivity index is 0.000000252. The SMILES string of the molecule is CC(C)c1ccc(C2(N)CC2)cc1.CC(C)c1ccc(CC(=O)O)cc1.CC(C)c1ccc(CCO)cc1.CC(C)c1ccc(CN(C)C)cc1.CC(C)c1ccc(CN2CCC2)cc1.CCN(CC)Cc1ccc(C(C)C)cc1. The van der Waals surface area contributed by atoms with E-state index in [-0.39, 0.29) is 18.6 Å². The number of carboxylic acids is 1. The standard InChI is InChI=1S/C14H23N.C13H19N.C12H17N.C12H19N.C11H14O2.C11H16O/c1-5-15(6-2)11-13-7-9-14(10-8-13)12(3)4;1-11(2)13-6-4-12(5-7-13)10-14-8-3-9-14;1-9(2)10-3-5-11(6-4-10)12(13)7-8-12;1-10(2)12-7-5-11(6-8-12)9-13(3)4;1-8(2)10-5-3-9(4-6-10)7-11(12)13;1-9(2)11-5-3-10(4-6-11)7-8-12/h7-10,12H,5-6,11H2,1-4H3;4-7,11H,3,8-10H2,1-2H3;3-6,9H,7-8,13H2,1-2H3;5-8,10H,9H2,1-4H3;3-6,8H,7H2,1-2H3,(H,12,13);3-6,9,12H,7-8H2,1-2H3. The molecule has 7 heteroatoms. The topological polar surface area (TPSA) is 93.3 Å². The zero-order valence-corrected chi connectivity index (χ0v) is 52.7. The predicted octanol–water partition coefficient (Wildman–Crippen LogP) is 17.1. The second-order valence-corrected chi connectivity index (χ2v) is 24.3. The molecule has 2 fully saturated rings. The molecule has 0 aromatic heterocycles. The summed E-state index contributed by atoms with van der Waals surface area (Å²) in [7, 11) is 4.19. The van der Waals surface area contributed by atoms with Crippen molar-refractivity contribution < 1.29 is 15.0 Å². The summed E-state index contributed by atoms with van der Waals surface area (Å²) in [6.45, 7) is 39.1. The fourth-order valence-corrected chi connectivity index (χ4v) is 8.91. The highest BCUT2D eigenvalue weighted by molar-refractivity contribution is 5.70. The molecule has 0 atom stereocenters. The van der Waals surface area contributed by atoms with Crippen LogP contribution in [0.2, 0.25) is 0 Å². The zero-order valence-electron chi connectivity index (χ0n) is 52.7. The van der Waals surface area contributed by atoms with Gasteiger partial charge in [0, 0.05) is 31.8 Å². The summed E-state index contributed by atoms with van der Waals surface area (Å²) >= 11 is 0. The van der Waals surface area contributed by atoms with Gasteiger partial charge in [0.15, 0.2) is 0 Å². The van der Waals surface area contributed by atoms with Crippen LogP contribution in [0.4, 0.5) is 0 Å². The lowest BCUT2D eigenvalue weighted by molar-refractivity contribution is -0.136. The van der Waals surface area contributed by atoms with Crippen LogP contribution in [0.15, 0.2) is 146 Å². The van der Waals surface area contributed by atoms with Crippen LogP contribution in [0.3, 0.4) is 0 Å². The van der Waals surface area contributed by atoms with Gasteiger partial charge in [0.2, 0.25) is 0 Å². The molecule has 1 saturated carbocycles. The fraction of sp³-hybridized carbons (Fsp3) is 0.493. The van der Waals surface area contributed by atoms with Gasteiger partial charge >= 0.3 is 5.97 Å². The molecule has 4 N–H and O–H groups in total. The van der Waals surface area contributed by atoms with E-state index in [0.717, 1.165) is 57.5 Å². The Morgan fingerprint density at radius 2 is 0.800 bits per heavy atom. The zero-order chi connectivity index (χ0) is 59.4. The Morgan fingerprint density at radius 1 is 0.487 bits per heavy atom. The first-order chi connectivity index (χ1) is 38.0. The first-order valence-electron chi connectivity index (χ1n) is 30.2. The molecule has 2 aliphatic rings. The number of likely N-dealkylation sites (tertiary alicyclic amines) is 1. The number of nitrogens with zero attached hydrogens (tertiary/aromatic N) is 3. The maximum atomic E-state index is 10.4. The van der Waals surface area contributed by atoms with Crippen molar-refractivity contribution in [2.75, 3.05) is 46.9 Å². The number of aliphatic carboxylic acids is 1. The molecule has 6 aromatic rings. The monoisotopic (exact) mass is 1090 g/mol. The number of aliphatic hydroxyl groups is 1. The smallest absolute Gasteiger partial charge is 0.307 e. The maximum absolute atomic E-state index is 10.4. The van der Waals surface area contributed by atoms with Gasteiger partial charge in [0.25, 0.3) is 0 Å². The van der Waals surface area contributed by atoms with Crippen molar-refractivity contribution >= 4 is 5.97 Å². The van der Waals surface area contributed by atoms with Crippen LogP contribution in [-0.2, 0) is 42.8 Å². The molecule has 0 amide bonds. The summed E-state index contributed by atoms with van der Waals surface area (Å²) in [5.41, 5.74) is 22.0. The molecule has 438 valence electrons. The molecule has 0 spiro atoms. The Labute approximate surface area is 488 Å². The minimum atomic E-state index is -0.780. The van der Waals surface area contributed by atoms with Crippen LogP contribution in [0, 0.1) is 0 Å². The highest BCUT2D eigenvalue weighted by Gasteiger charge is 2.39. The lowest BCUT2D eigenvalue weighted by Crippen LogP contribution is -2.36. The van der Waals surface area contributed by atoms with Crippen LogP contribution in [0.5, 0.6) is 0 Å². The lowest BCUT2D eigenvalue weighted by atomic mass is 9.98. The second kappa shape index (κ2) is 36.1. The van der Waals surface area contributed by atoms with Crippen LogP contribution in [0.25, 0.3) is 0 Å². The average molecular weight is 1090 g/mol. The quantitative estimate of drug-likeness (QED) is 0.0744. The highest BCUT2D eigenvalue weighted by atomic mass is 16.4. The molecule has 7 nitrogen and oxygen atoms in total. The van der Waals surface area contributed by atoms with Gasteiger partial charge in [-0.1, -0.05) is 243 Å². The van der Waals surface area contributed by atoms with Crippen LogP contribution in [-0.4, -0.2) is 77.8 Å². The molecular weight excluding hydrogens is 981 g/mol. The molecule has 0 bridgehead atoms. The third kappa shape index (κ3) is 26.5. The molecule has 80 heavy (non-hydrogen) atoms. The van der Waals surface area contributed by atoms with E-state index in [9.17, 15) is 4.79 Å². The number of nitrogens with two attached hydrogens (primary N) is 1. The van der Waals surface area contributed by atoms with E-state index >= 15 is 0 Å². The van der Waals surface area contributed by atoms with E-state index < -0.39 is 5.97 Å². The summed E-state index contributed by atoms with van der Waals surface area (Å²) in [5, 5.41) is 17.2. The number of hydrogen-bond donors (Lipinski definition) is 3. The van der Waals surface area contributed by atoms with Crippen molar-refractivity contribution in [1.29, 1.82) is 0 Å². The Bertz CT molecular complexity index is 2550. The molecule has 0 unspecified atom stereocenters. The molecule has 0 radical (unpaired) electrons. The van der Waals surface area contributed by atoms with E-state index in [2.05, 4.69) is 247 Å². The van der Waals surface area contributed by atoms with Gasteiger partial charge in [-0.3, -0.25) is 14.6 Å². The van der Waals surface area contributed by atoms with Gasteiger partial charge in [-0.15, -0.1) is 0 Å². The highest BCUT2D eigenvalue weighted by Crippen LogP contribution is 2.42. The number of aliphatic hydroxyl groups excluding tert-OH is 1. The fourth-order valence-electron chi connectivity index (χ4n) is 8.91. The van der Waals surface area contributed by atoms with Crippen molar-refractivity contribution in [3.63, 3.8) is 0 Å². The number of rotatable bonds is 19. The second-order valence-electron chi connectivity index (χ2n) is 24.3. The Morgan fingerprint density at radius 3 is 1.07 bits per heavy atom. The van der Waals surface area contributed by atoms with E-state index in [0.29, 0.717) is 35.5 Å². The van der Waals surface area contributed by atoms with Gasteiger partial charge in [0.1, 0.15) is 0 Å². The molecular formula is C73H108N4O3. The number of benzene rings is 6. The Hall–Kier alpha value is -5.41. The van der Waals surface area contributed by atoms with Gasteiger partial charge < -0.3 is 20.8 Å². The number of hydrogen-bond acceptors (Lipinski definition) is 6. The van der Waals surface area contributed by atoms with Crippen molar-refractivity contribution in [3.8, 4) is 0 Å². The third-order valence-corrected chi connectivity index (χ3v) is 15.1. The first kappa shape index (κ1) is 68.9. The maximum Gasteiger partial charge on any atom is 0.307 e. The summed E-state index contributed by atoms with van der Waals surface area (Å²) in [5.74, 6) is 2.83. The largest absolute Gasteiger partial charge is 0.481 e. The van der Waals surface area contributed by atoms with Crippen LogP contribution in [0.1, 0.15) is 218 Å². The number of carboxylic acid groups (broad SMARTS) is 1. The van der Waals surface area contributed by atoms with Crippen LogP contribution >= 0.6 is 0 Å². The summed E-state index contributed by atoms with van der Waals surface area (Å²) in [6, 6.07) is 51.9. The number of carbonyl (C=O) groups is 1. The third-order valence-electron chi connectivity index (χ3n) is 15.1. The van der Waals surface area contributed by atoms with E-state index in [1.165, 1.54) is 80.7 Å². The van der Waals surface area contributed by atoms with Crippen molar-refractivity contribution in [2.45, 2.75) is 190 Å².